The molecule has 0 spiro atoms. The van der Waals surface area contributed by atoms with E-state index in [0.717, 1.165) is 38.2 Å². The molecule has 0 saturated carbocycles. The summed E-state index contributed by atoms with van der Waals surface area (Å²) in [5.41, 5.74) is 3.72. The van der Waals surface area contributed by atoms with E-state index in [9.17, 15) is 4.79 Å². The Kier molecular flexibility index (Phi) is 9.22. The first kappa shape index (κ1) is 24.8. The van der Waals surface area contributed by atoms with Crippen LogP contribution in [-0.2, 0) is 10.5 Å². The standard InChI is InChI=1S/C24H25ClN2O2S3/c1-15-13-20(30-3)21(24(26-15)31-4)27-23(28)22(17-7-9-18(25)10-8-17)32-14-16-5-11-19(29-2)12-6-16/h5-13,22H,14H2,1-4H3,(H,27,28). The molecule has 1 atom stereocenters. The van der Waals surface area contributed by atoms with Gasteiger partial charge in [-0.25, -0.2) is 4.98 Å². The summed E-state index contributed by atoms with van der Waals surface area (Å²) in [4.78, 5) is 19.1. The number of carbonyl (C=O) groups is 1. The van der Waals surface area contributed by atoms with Gasteiger partial charge >= 0.3 is 0 Å². The van der Waals surface area contributed by atoms with Crippen molar-refractivity contribution in [3.8, 4) is 5.75 Å². The van der Waals surface area contributed by atoms with Crippen molar-refractivity contribution in [3.05, 3.63) is 76.4 Å². The van der Waals surface area contributed by atoms with E-state index in [1.165, 1.54) is 11.8 Å². The Bertz CT molecular complexity index is 1030. The number of ether oxygens (including phenoxy) is 1. The maximum atomic E-state index is 13.5. The number of methoxy groups -OCH3 is 1. The first-order valence-corrected chi connectivity index (χ1v) is 13.7. The van der Waals surface area contributed by atoms with E-state index >= 15 is 0 Å². The molecule has 1 heterocycles. The predicted octanol–water partition coefficient (Wildman–Crippen LogP) is 7.11. The Morgan fingerprint density at radius 3 is 2.38 bits per heavy atom. The van der Waals surface area contributed by atoms with Gasteiger partial charge in [0, 0.05) is 21.4 Å². The predicted molar refractivity (Wildman–Crippen MR) is 140 cm³/mol. The number of halogens is 1. The SMILES string of the molecule is COc1ccc(CSC(C(=O)Nc2c(SC)cc(C)nc2SC)c2ccc(Cl)cc2)cc1. The monoisotopic (exact) mass is 504 g/mol. The van der Waals surface area contributed by atoms with Crippen LogP contribution in [-0.4, -0.2) is 30.5 Å². The van der Waals surface area contributed by atoms with Gasteiger partial charge in [0.05, 0.1) is 12.8 Å². The normalized spacial score (nSPS) is 11.8. The van der Waals surface area contributed by atoms with Gasteiger partial charge in [-0.15, -0.1) is 35.3 Å². The molecule has 1 aromatic heterocycles. The van der Waals surface area contributed by atoms with Crippen molar-refractivity contribution in [1.29, 1.82) is 0 Å². The largest absolute Gasteiger partial charge is 0.497 e. The summed E-state index contributed by atoms with van der Waals surface area (Å²) in [6.45, 7) is 1.96. The summed E-state index contributed by atoms with van der Waals surface area (Å²) in [6.07, 6.45) is 3.97. The average Bonchev–Trinajstić information content (AvgIpc) is 2.81. The Hall–Kier alpha value is -1.80. The zero-order valence-corrected chi connectivity index (χ0v) is 21.6. The number of nitrogens with one attached hydrogen (secondary N) is 1. The number of aromatic nitrogens is 1. The number of hydrogen-bond donors (Lipinski definition) is 1. The number of carbonyl (C=O) groups excluding carboxylic acids is 1. The summed E-state index contributed by atoms with van der Waals surface area (Å²) >= 11 is 10.8. The van der Waals surface area contributed by atoms with Gasteiger partial charge in [0.2, 0.25) is 5.91 Å². The highest BCUT2D eigenvalue weighted by Crippen LogP contribution is 2.38. The number of hydrogen-bond acceptors (Lipinski definition) is 6. The molecule has 168 valence electrons. The smallest absolute Gasteiger partial charge is 0.242 e. The molecule has 32 heavy (non-hydrogen) atoms. The molecular formula is C24H25ClN2O2S3. The molecule has 8 heteroatoms. The van der Waals surface area contributed by atoms with Crippen molar-refractivity contribution in [2.24, 2.45) is 0 Å². The lowest BCUT2D eigenvalue weighted by Gasteiger charge is -2.20. The minimum absolute atomic E-state index is 0.0814. The summed E-state index contributed by atoms with van der Waals surface area (Å²) in [5, 5.41) is 4.22. The van der Waals surface area contributed by atoms with Crippen LogP contribution < -0.4 is 10.1 Å². The van der Waals surface area contributed by atoms with E-state index in [2.05, 4.69) is 10.3 Å². The molecular weight excluding hydrogens is 480 g/mol. The second-order valence-corrected chi connectivity index (χ2v) is 10.1. The molecule has 1 amide bonds. The fourth-order valence-electron chi connectivity index (χ4n) is 3.09. The zero-order valence-electron chi connectivity index (χ0n) is 18.3. The fraction of sp³-hybridized carbons (Fsp3) is 0.250. The fourth-order valence-corrected chi connectivity index (χ4v) is 5.63. The third-order valence-electron chi connectivity index (χ3n) is 4.73. The van der Waals surface area contributed by atoms with E-state index in [0.29, 0.717) is 10.8 Å². The number of amides is 1. The maximum Gasteiger partial charge on any atom is 0.242 e. The van der Waals surface area contributed by atoms with Gasteiger partial charge in [0.15, 0.2) is 0 Å². The number of nitrogens with zero attached hydrogens (tertiary/aromatic N) is 1. The van der Waals surface area contributed by atoms with Gasteiger partial charge in [0.1, 0.15) is 16.0 Å². The zero-order chi connectivity index (χ0) is 23.1. The number of anilines is 1. The van der Waals surface area contributed by atoms with Crippen molar-refractivity contribution < 1.29 is 9.53 Å². The van der Waals surface area contributed by atoms with Gasteiger partial charge in [-0.1, -0.05) is 35.9 Å². The molecule has 0 fully saturated rings. The minimum Gasteiger partial charge on any atom is -0.497 e. The first-order valence-electron chi connectivity index (χ1n) is 9.85. The number of thioether (sulfide) groups is 3. The van der Waals surface area contributed by atoms with Crippen LogP contribution in [0.4, 0.5) is 5.69 Å². The summed E-state index contributed by atoms with van der Waals surface area (Å²) < 4.78 is 5.24. The number of aryl methyl sites for hydroxylation is 1. The van der Waals surface area contributed by atoms with Crippen LogP contribution in [0.2, 0.25) is 5.02 Å². The Morgan fingerprint density at radius 1 is 1.09 bits per heavy atom. The van der Waals surface area contributed by atoms with Gasteiger partial charge in [0.25, 0.3) is 0 Å². The summed E-state index contributed by atoms with van der Waals surface area (Å²) in [6, 6.07) is 17.4. The van der Waals surface area contributed by atoms with Crippen LogP contribution in [0.1, 0.15) is 22.1 Å². The van der Waals surface area contributed by atoms with Crippen molar-refractivity contribution in [2.75, 3.05) is 24.9 Å². The lowest BCUT2D eigenvalue weighted by Crippen LogP contribution is -2.20. The quantitative estimate of drug-likeness (QED) is 0.313. The topological polar surface area (TPSA) is 51.2 Å². The molecule has 0 aliphatic heterocycles. The van der Waals surface area contributed by atoms with Gasteiger partial charge in [-0.3, -0.25) is 4.79 Å². The molecule has 0 saturated heterocycles. The summed E-state index contributed by atoms with van der Waals surface area (Å²) in [7, 11) is 1.65. The van der Waals surface area contributed by atoms with Gasteiger partial charge < -0.3 is 10.1 Å². The molecule has 0 bridgehead atoms. The third-order valence-corrected chi connectivity index (χ3v) is 7.74. The minimum atomic E-state index is -0.403. The van der Waals surface area contributed by atoms with Crippen LogP contribution in [0, 0.1) is 6.92 Å². The molecule has 1 unspecified atom stereocenters. The number of rotatable bonds is 9. The van der Waals surface area contributed by atoms with Crippen LogP contribution >= 0.6 is 46.9 Å². The molecule has 1 N–H and O–H groups in total. The molecule has 0 aliphatic carbocycles. The Morgan fingerprint density at radius 2 is 1.78 bits per heavy atom. The highest BCUT2D eigenvalue weighted by atomic mass is 35.5. The third kappa shape index (κ3) is 6.38. The highest BCUT2D eigenvalue weighted by molar-refractivity contribution is 8.00. The molecule has 4 nitrogen and oxygen atoms in total. The second kappa shape index (κ2) is 11.9. The number of benzene rings is 2. The highest BCUT2D eigenvalue weighted by Gasteiger charge is 2.24. The van der Waals surface area contributed by atoms with Crippen molar-refractivity contribution in [2.45, 2.75) is 27.8 Å². The van der Waals surface area contributed by atoms with Crippen molar-refractivity contribution >= 4 is 58.5 Å². The van der Waals surface area contributed by atoms with Crippen molar-refractivity contribution in [1.82, 2.24) is 4.98 Å². The Balaban J connectivity index is 1.87. The van der Waals surface area contributed by atoms with Crippen LogP contribution in [0.3, 0.4) is 0 Å². The average molecular weight is 505 g/mol. The van der Waals surface area contributed by atoms with E-state index in [-0.39, 0.29) is 5.91 Å². The lowest BCUT2D eigenvalue weighted by molar-refractivity contribution is -0.115. The van der Waals surface area contributed by atoms with Gasteiger partial charge in [-0.2, -0.15) is 0 Å². The lowest BCUT2D eigenvalue weighted by atomic mass is 10.1. The molecule has 3 rings (SSSR count). The van der Waals surface area contributed by atoms with E-state index in [1.807, 2.05) is 74.0 Å². The number of pyridine rings is 1. The molecule has 0 aliphatic rings. The van der Waals surface area contributed by atoms with E-state index < -0.39 is 5.25 Å². The first-order chi connectivity index (χ1) is 15.4. The van der Waals surface area contributed by atoms with Crippen LogP contribution in [0.5, 0.6) is 5.75 Å². The van der Waals surface area contributed by atoms with Gasteiger partial charge in [-0.05, 0) is 60.9 Å². The molecule has 2 aromatic carbocycles. The van der Waals surface area contributed by atoms with E-state index in [4.69, 9.17) is 16.3 Å². The summed E-state index contributed by atoms with van der Waals surface area (Å²) in [5.74, 6) is 1.41. The molecule has 0 radical (unpaired) electrons. The Labute approximate surface area is 207 Å². The van der Waals surface area contributed by atoms with Crippen LogP contribution in [0.15, 0.2) is 64.5 Å². The second-order valence-electron chi connectivity index (χ2n) is 6.93. The maximum absolute atomic E-state index is 13.5. The van der Waals surface area contributed by atoms with E-state index in [1.54, 1.807) is 30.6 Å². The molecule has 3 aromatic rings. The van der Waals surface area contributed by atoms with Crippen molar-refractivity contribution in [3.63, 3.8) is 0 Å². The van der Waals surface area contributed by atoms with Crippen LogP contribution in [0.25, 0.3) is 0 Å².